The van der Waals surface area contributed by atoms with Crippen molar-refractivity contribution in [1.29, 1.82) is 0 Å². The minimum absolute atomic E-state index is 0.843. The van der Waals surface area contributed by atoms with E-state index in [1.54, 1.807) is 6.08 Å². The maximum absolute atomic E-state index is 3.59. The lowest BCUT2D eigenvalue weighted by Crippen LogP contribution is -1.96. The Bertz CT molecular complexity index is 249. The first-order chi connectivity index (χ1) is 5.93. The van der Waals surface area contributed by atoms with Gasteiger partial charge in [0.25, 0.3) is 0 Å². The Kier molecular flexibility index (Phi) is 3.72. The zero-order valence-corrected chi connectivity index (χ0v) is 7.03. The molecule has 0 saturated heterocycles. The molecular formula is C11H13N. The normalized spacial score (nSPS) is 10.0. The van der Waals surface area contributed by atoms with E-state index < -0.39 is 0 Å². The molecule has 0 aromatic heterocycles. The molecule has 0 unspecified atom stereocenters. The molecule has 0 bridgehead atoms. The molecule has 1 heteroatoms. The highest BCUT2D eigenvalue weighted by Crippen LogP contribution is 2.03. The Labute approximate surface area is 73.4 Å². The van der Waals surface area contributed by atoms with Crippen LogP contribution in [0.15, 0.2) is 55.1 Å². The monoisotopic (exact) mass is 159 g/mol. The highest BCUT2D eigenvalue weighted by atomic mass is 14.8. The van der Waals surface area contributed by atoms with E-state index in [4.69, 9.17) is 0 Å². The molecule has 0 atom stereocenters. The lowest BCUT2D eigenvalue weighted by atomic mass is 10.3. The summed E-state index contributed by atoms with van der Waals surface area (Å²) < 4.78 is 0. The Morgan fingerprint density at radius 1 is 1.25 bits per heavy atom. The number of allylic oxidation sites excluding steroid dienone is 2. The predicted molar refractivity (Wildman–Crippen MR) is 54.3 cm³/mol. The van der Waals surface area contributed by atoms with Gasteiger partial charge in [0, 0.05) is 12.2 Å². The van der Waals surface area contributed by atoms with Crippen LogP contribution in [0.2, 0.25) is 0 Å². The minimum Gasteiger partial charge on any atom is -0.382 e. The molecule has 0 saturated carbocycles. The summed E-state index contributed by atoms with van der Waals surface area (Å²) in [5, 5.41) is 3.24. The maximum Gasteiger partial charge on any atom is 0.0342 e. The van der Waals surface area contributed by atoms with Crippen LogP contribution in [0.1, 0.15) is 0 Å². The molecular weight excluding hydrogens is 146 g/mol. The first-order valence-corrected chi connectivity index (χ1v) is 4.00. The highest BCUT2D eigenvalue weighted by molar-refractivity contribution is 5.42. The third-order valence-corrected chi connectivity index (χ3v) is 1.47. The second-order valence-electron chi connectivity index (χ2n) is 2.41. The fraction of sp³-hybridized carbons (Fsp3) is 0.0909. The van der Waals surface area contributed by atoms with Crippen LogP contribution in [0.3, 0.4) is 0 Å². The average Bonchev–Trinajstić information content (AvgIpc) is 2.14. The van der Waals surface area contributed by atoms with E-state index in [1.165, 1.54) is 0 Å². The van der Waals surface area contributed by atoms with Crippen LogP contribution >= 0.6 is 0 Å². The van der Waals surface area contributed by atoms with Crippen LogP contribution in [-0.4, -0.2) is 6.54 Å². The Morgan fingerprint density at radius 2 is 2.00 bits per heavy atom. The van der Waals surface area contributed by atoms with Crippen LogP contribution in [0.4, 0.5) is 5.69 Å². The van der Waals surface area contributed by atoms with Gasteiger partial charge in [-0.3, -0.25) is 0 Å². The smallest absolute Gasteiger partial charge is 0.0342 e. The van der Waals surface area contributed by atoms with Crippen LogP contribution in [0.5, 0.6) is 0 Å². The SMILES string of the molecule is C=CC=CCNc1ccccc1. The van der Waals surface area contributed by atoms with E-state index in [2.05, 4.69) is 11.9 Å². The van der Waals surface area contributed by atoms with Crippen molar-refractivity contribution in [3.05, 3.63) is 55.1 Å². The van der Waals surface area contributed by atoms with E-state index in [1.807, 2.05) is 42.5 Å². The Balaban J connectivity index is 2.33. The molecule has 1 aromatic rings. The van der Waals surface area contributed by atoms with Crippen molar-refractivity contribution >= 4 is 5.69 Å². The predicted octanol–water partition coefficient (Wildman–Crippen LogP) is 2.84. The third-order valence-electron chi connectivity index (χ3n) is 1.47. The summed E-state index contributed by atoms with van der Waals surface area (Å²) in [4.78, 5) is 0. The van der Waals surface area contributed by atoms with Crippen molar-refractivity contribution in [2.24, 2.45) is 0 Å². The second-order valence-corrected chi connectivity index (χ2v) is 2.41. The molecule has 12 heavy (non-hydrogen) atoms. The van der Waals surface area contributed by atoms with Gasteiger partial charge in [-0.2, -0.15) is 0 Å². The molecule has 0 aliphatic heterocycles. The molecule has 0 aliphatic rings. The van der Waals surface area contributed by atoms with Crippen LogP contribution < -0.4 is 5.32 Å². The maximum atomic E-state index is 3.59. The standard InChI is InChI=1S/C11H13N/c1-2-3-7-10-12-11-8-5-4-6-9-11/h2-9,12H,1,10H2. The molecule has 1 aromatic carbocycles. The lowest BCUT2D eigenvalue weighted by Gasteiger charge is -2.00. The van der Waals surface area contributed by atoms with Gasteiger partial charge in [0.15, 0.2) is 0 Å². The number of para-hydroxylation sites is 1. The highest BCUT2D eigenvalue weighted by Gasteiger charge is 1.83. The zero-order chi connectivity index (χ0) is 8.65. The zero-order valence-electron chi connectivity index (χ0n) is 7.03. The quantitative estimate of drug-likeness (QED) is 0.666. The number of benzene rings is 1. The molecule has 0 spiro atoms. The molecule has 0 heterocycles. The fourth-order valence-electron chi connectivity index (χ4n) is 0.897. The van der Waals surface area contributed by atoms with Crippen LogP contribution in [0, 0.1) is 0 Å². The first-order valence-electron chi connectivity index (χ1n) is 4.00. The van der Waals surface area contributed by atoms with Crippen LogP contribution in [0.25, 0.3) is 0 Å². The van der Waals surface area contributed by atoms with Crippen molar-refractivity contribution in [3.8, 4) is 0 Å². The van der Waals surface area contributed by atoms with Crippen LogP contribution in [-0.2, 0) is 0 Å². The van der Waals surface area contributed by atoms with Gasteiger partial charge in [-0.1, -0.05) is 43.0 Å². The van der Waals surface area contributed by atoms with Gasteiger partial charge in [-0.25, -0.2) is 0 Å². The Hall–Kier alpha value is -1.50. The molecule has 62 valence electrons. The van der Waals surface area contributed by atoms with E-state index in [9.17, 15) is 0 Å². The summed E-state index contributed by atoms with van der Waals surface area (Å²) >= 11 is 0. The van der Waals surface area contributed by atoms with Crippen molar-refractivity contribution in [3.63, 3.8) is 0 Å². The van der Waals surface area contributed by atoms with Gasteiger partial charge in [-0.05, 0) is 12.1 Å². The first kappa shape index (κ1) is 8.60. The molecule has 0 amide bonds. The van der Waals surface area contributed by atoms with Gasteiger partial charge in [0.2, 0.25) is 0 Å². The minimum atomic E-state index is 0.843. The van der Waals surface area contributed by atoms with Gasteiger partial charge in [0.1, 0.15) is 0 Å². The largest absolute Gasteiger partial charge is 0.382 e. The summed E-state index contributed by atoms with van der Waals surface area (Å²) in [5.74, 6) is 0. The van der Waals surface area contributed by atoms with Crippen molar-refractivity contribution < 1.29 is 0 Å². The van der Waals surface area contributed by atoms with E-state index in [0.717, 1.165) is 12.2 Å². The molecule has 1 rings (SSSR count). The fourth-order valence-corrected chi connectivity index (χ4v) is 0.897. The number of rotatable bonds is 4. The van der Waals surface area contributed by atoms with Crippen molar-refractivity contribution in [2.45, 2.75) is 0 Å². The van der Waals surface area contributed by atoms with E-state index in [0.29, 0.717) is 0 Å². The molecule has 0 aliphatic carbocycles. The van der Waals surface area contributed by atoms with Crippen molar-refractivity contribution in [2.75, 3.05) is 11.9 Å². The molecule has 0 radical (unpaired) electrons. The lowest BCUT2D eigenvalue weighted by molar-refractivity contribution is 1.33. The summed E-state index contributed by atoms with van der Waals surface area (Å²) in [6.45, 7) is 4.43. The summed E-state index contributed by atoms with van der Waals surface area (Å²) in [6, 6.07) is 10.1. The Morgan fingerprint density at radius 3 is 2.67 bits per heavy atom. The second kappa shape index (κ2) is 5.19. The van der Waals surface area contributed by atoms with Gasteiger partial charge >= 0.3 is 0 Å². The third kappa shape index (κ3) is 3.06. The van der Waals surface area contributed by atoms with E-state index in [-0.39, 0.29) is 0 Å². The van der Waals surface area contributed by atoms with Gasteiger partial charge in [-0.15, -0.1) is 0 Å². The number of nitrogens with one attached hydrogen (secondary N) is 1. The number of hydrogen-bond donors (Lipinski definition) is 1. The van der Waals surface area contributed by atoms with Crippen molar-refractivity contribution in [1.82, 2.24) is 0 Å². The summed E-state index contributed by atoms with van der Waals surface area (Å²) in [7, 11) is 0. The van der Waals surface area contributed by atoms with Gasteiger partial charge in [0.05, 0.1) is 0 Å². The molecule has 0 fully saturated rings. The average molecular weight is 159 g/mol. The summed E-state index contributed by atoms with van der Waals surface area (Å²) in [5.41, 5.74) is 1.14. The number of anilines is 1. The number of hydrogen-bond acceptors (Lipinski definition) is 1. The van der Waals surface area contributed by atoms with Gasteiger partial charge < -0.3 is 5.32 Å². The molecule has 1 N–H and O–H groups in total. The summed E-state index contributed by atoms with van der Waals surface area (Å²) in [6.07, 6.45) is 5.72. The van der Waals surface area contributed by atoms with E-state index >= 15 is 0 Å². The molecule has 1 nitrogen and oxygen atoms in total. The topological polar surface area (TPSA) is 12.0 Å².